The summed E-state index contributed by atoms with van der Waals surface area (Å²) in [6.45, 7) is 0.203. The minimum Gasteiger partial charge on any atom is -0.271 e. The molecule has 1 heterocycles. The summed E-state index contributed by atoms with van der Waals surface area (Å²) < 4.78 is 6.16. The first-order valence-electron chi connectivity index (χ1n) is 2.35. The third-order valence-corrected chi connectivity index (χ3v) is 3.37. The van der Waals surface area contributed by atoms with Gasteiger partial charge in [-0.05, 0) is 4.51 Å². The van der Waals surface area contributed by atoms with Crippen LogP contribution in [0, 0.1) is 0 Å². The van der Waals surface area contributed by atoms with Crippen LogP contribution in [0.4, 0.5) is 4.79 Å². The van der Waals surface area contributed by atoms with Crippen molar-refractivity contribution < 1.29 is 9.59 Å². The molecule has 0 N–H and O–H groups in total. The molecular weight excluding hydrogens is 362 g/mol. The number of amides is 3. The summed E-state index contributed by atoms with van der Waals surface area (Å²) in [6, 6.07) is -0.214. The van der Waals surface area contributed by atoms with E-state index in [-0.39, 0.29) is 18.5 Å². The lowest BCUT2D eigenvalue weighted by Crippen LogP contribution is -2.19. The first-order chi connectivity index (χ1) is 4.66. The number of carbonyl (C=O) groups excluding carboxylic acids is 2. The molecule has 0 saturated carbocycles. The van der Waals surface area contributed by atoms with Crippen molar-refractivity contribution in [1.82, 2.24) is 6.23 Å². The normalized spacial score (nSPS) is 18.9. The fraction of sp³-hybridized carbons (Fsp3) is 0.250. The Bertz CT molecular complexity index is 205. The van der Waals surface area contributed by atoms with Crippen LogP contribution in [-0.2, 0) is 4.79 Å². The van der Waals surface area contributed by atoms with Gasteiger partial charge in [-0.2, -0.15) is 0 Å². The number of hydrogen-bond acceptors (Lipinski definition) is 2. The molecule has 0 radical (unpaired) electrons. The topological polar surface area (TPSA) is 40.6 Å². The van der Waals surface area contributed by atoms with Crippen molar-refractivity contribution in [2.45, 2.75) is 0 Å². The van der Waals surface area contributed by atoms with Crippen LogP contribution in [0.2, 0.25) is 0 Å². The van der Waals surface area contributed by atoms with Gasteiger partial charge in [0.2, 0.25) is 0 Å². The maximum Gasteiger partial charge on any atom is 0.344 e. The minimum absolute atomic E-state index is 0.123. The second-order valence-electron chi connectivity index (χ2n) is 1.60. The summed E-state index contributed by atoms with van der Waals surface area (Å²) in [4.78, 5) is 21.8. The Morgan fingerprint density at radius 3 is 2.40 bits per heavy atom. The van der Waals surface area contributed by atoms with Gasteiger partial charge in [0, 0.05) is 21.0 Å². The lowest BCUT2D eigenvalue weighted by atomic mass is 10.7. The third kappa shape index (κ3) is 1.31. The number of carbonyl (C=O) groups is 2. The zero-order valence-electron chi connectivity index (χ0n) is 4.88. The third-order valence-electron chi connectivity index (χ3n) is 0.988. The van der Waals surface area contributed by atoms with E-state index in [4.69, 9.17) is 0 Å². The molecule has 0 aliphatic carbocycles. The molecular formula is C4H4I2N2O2. The van der Waals surface area contributed by atoms with Crippen LogP contribution >= 0.6 is 43.9 Å². The Labute approximate surface area is 82.1 Å². The van der Waals surface area contributed by atoms with E-state index in [1.807, 2.05) is 22.9 Å². The summed E-state index contributed by atoms with van der Waals surface area (Å²) in [5, 5.41) is 0. The van der Waals surface area contributed by atoms with Crippen molar-refractivity contribution in [3.8, 4) is 0 Å². The van der Waals surface area contributed by atoms with Crippen LogP contribution in [0.3, 0.4) is 0 Å². The van der Waals surface area contributed by atoms with Crippen LogP contribution in [0.25, 0.3) is 0 Å². The summed E-state index contributed by atoms with van der Waals surface area (Å²) in [5.74, 6) is -0.123. The van der Waals surface area contributed by atoms with Crippen LogP contribution in [0.5, 0.6) is 0 Å². The fourth-order valence-corrected chi connectivity index (χ4v) is 2.57. The lowest BCUT2D eigenvalue weighted by molar-refractivity contribution is -0.120. The molecule has 1 fully saturated rings. The van der Waals surface area contributed by atoms with Gasteiger partial charge in [-0.1, -0.05) is 0 Å². The largest absolute Gasteiger partial charge is 0.344 e. The van der Waals surface area contributed by atoms with Gasteiger partial charge in [-0.25, -0.2) is 7.91 Å². The molecule has 1 rings (SSSR count). The maximum absolute atomic E-state index is 11.0. The first-order valence-corrected chi connectivity index (χ1v) is 5.81. The summed E-state index contributed by atoms with van der Waals surface area (Å²) in [6.07, 6.45) is 0. The molecule has 0 bridgehead atoms. The van der Waals surface area contributed by atoms with Gasteiger partial charge >= 0.3 is 6.03 Å². The van der Waals surface area contributed by atoms with Gasteiger partial charge in [0.05, 0.1) is 22.9 Å². The predicted molar refractivity (Wildman–Crippen MR) is 54.1 cm³/mol. The Morgan fingerprint density at radius 1 is 1.60 bits per heavy atom. The zero-order valence-corrected chi connectivity index (χ0v) is 9.20. The van der Waals surface area contributed by atoms with E-state index in [0.29, 0.717) is 0 Å². The first kappa shape index (κ1) is 8.37. The van der Waals surface area contributed by atoms with Gasteiger partial charge in [0.15, 0.2) is 0 Å². The van der Waals surface area contributed by atoms with E-state index in [9.17, 15) is 9.59 Å². The van der Waals surface area contributed by atoms with Gasteiger partial charge in [0.1, 0.15) is 6.54 Å². The number of rotatable bonds is 1. The highest BCUT2D eigenvalue weighted by atomic mass is 127. The molecule has 1 saturated heterocycles. The summed E-state index contributed by atoms with van der Waals surface area (Å²) in [5.41, 5.74) is 0. The molecule has 0 aromatic carbocycles. The van der Waals surface area contributed by atoms with Crippen LogP contribution in [-0.4, -0.2) is 29.2 Å². The molecule has 4 nitrogen and oxygen atoms in total. The predicted octanol–water partition coefficient (Wildman–Crippen LogP) is 0.918. The minimum atomic E-state index is -0.666. The number of imide groups is 1. The molecule has 10 heavy (non-hydrogen) atoms. The Hall–Kier alpha value is 0.270. The second-order valence-corrected chi connectivity index (χ2v) is 4.41. The van der Waals surface area contributed by atoms with E-state index in [1.54, 1.807) is 0 Å². The van der Waals surface area contributed by atoms with Gasteiger partial charge in [0.25, 0.3) is 5.91 Å². The Morgan fingerprint density at radius 2 is 2.20 bits per heavy atom. The molecule has 1 aliphatic rings. The SMILES string of the molecule is C=IN1C(=O)CN(I)C1=O. The second kappa shape index (κ2) is 3.11. The monoisotopic (exact) mass is 366 g/mol. The Balaban J connectivity index is 2.83. The van der Waals surface area contributed by atoms with E-state index < -0.39 is 21.0 Å². The van der Waals surface area contributed by atoms with E-state index in [2.05, 4.69) is 4.51 Å². The number of hydrogen-bond donors (Lipinski definition) is 0. The van der Waals surface area contributed by atoms with Crippen molar-refractivity contribution in [3.05, 3.63) is 0 Å². The maximum atomic E-state index is 11.0. The average molecular weight is 366 g/mol. The van der Waals surface area contributed by atoms with E-state index in [0.717, 1.165) is 0 Å². The van der Waals surface area contributed by atoms with Gasteiger partial charge in [-0.3, -0.25) is 7.91 Å². The fourth-order valence-electron chi connectivity index (χ4n) is 0.568. The van der Waals surface area contributed by atoms with Crippen LogP contribution in [0.15, 0.2) is 0 Å². The highest BCUT2D eigenvalue weighted by molar-refractivity contribution is 14.2. The quantitative estimate of drug-likeness (QED) is 0.394. The van der Waals surface area contributed by atoms with Crippen LogP contribution in [0.1, 0.15) is 0 Å². The zero-order chi connectivity index (χ0) is 7.72. The number of urea groups is 1. The molecule has 0 unspecified atom stereocenters. The molecule has 0 aromatic rings. The molecule has 3 amide bonds. The highest BCUT2D eigenvalue weighted by Crippen LogP contribution is 2.20. The highest BCUT2D eigenvalue weighted by Gasteiger charge is 2.33. The van der Waals surface area contributed by atoms with Crippen molar-refractivity contribution in [2.75, 3.05) is 6.54 Å². The van der Waals surface area contributed by atoms with Crippen molar-refractivity contribution in [3.63, 3.8) is 0 Å². The van der Waals surface area contributed by atoms with E-state index >= 15 is 0 Å². The van der Waals surface area contributed by atoms with Gasteiger partial charge < -0.3 is 0 Å². The standard InChI is InChI=1S/C4H4I2N2O2/c1-6-8-3(9)2-7(5)4(8)10/h1-2H2. The van der Waals surface area contributed by atoms with Crippen molar-refractivity contribution in [2.24, 2.45) is 0 Å². The lowest BCUT2D eigenvalue weighted by Gasteiger charge is -2.03. The van der Waals surface area contributed by atoms with Crippen molar-refractivity contribution in [1.29, 1.82) is 0 Å². The van der Waals surface area contributed by atoms with Crippen molar-refractivity contribution >= 4 is 60.3 Å². The number of nitrogens with zero attached hydrogens (tertiary/aromatic N) is 2. The molecule has 56 valence electrons. The average Bonchev–Trinajstić information content (AvgIpc) is 2.09. The Kier molecular flexibility index (Phi) is 2.61. The van der Waals surface area contributed by atoms with Crippen LogP contribution < -0.4 is 0 Å². The summed E-state index contributed by atoms with van der Waals surface area (Å²) in [7, 11) is 0. The molecule has 0 spiro atoms. The molecule has 6 heteroatoms. The van der Waals surface area contributed by atoms with E-state index in [1.165, 1.54) is 6.23 Å². The molecule has 1 aliphatic heterocycles. The smallest absolute Gasteiger partial charge is 0.271 e. The summed E-state index contributed by atoms with van der Waals surface area (Å²) >= 11 is 1.16. The molecule has 0 aromatic heterocycles. The van der Waals surface area contributed by atoms with Gasteiger partial charge in [-0.15, -0.1) is 0 Å². The molecule has 0 atom stereocenters. The number of halogens is 2.